The van der Waals surface area contributed by atoms with Gasteiger partial charge in [-0.15, -0.1) is 0 Å². The lowest BCUT2D eigenvalue weighted by molar-refractivity contribution is -0.149. The summed E-state index contributed by atoms with van der Waals surface area (Å²) in [6.07, 6.45) is 0.497. The molecule has 5 rings (SSSR count). The van der Waals surface area contributed by atoms with Gasteiger partial charge >= 0.3 is 5.69 Å². The van der Waals surface area contributed by atoms with Crippen LogP contribution in [0.25, 0.3) is 0 Å². The molecule has 1 saturated heterocycles. The predicted molar refractivity (Wildman–Crippen MR) is 201 cm³/mol. The van der Waals surface area contributed by atoms with Crippen molar-refractivity contribution in [3.05, 3.63) is 128 Å². The van der Waals surface area contributed by atoms with Gasteiger partial charge in [0, 0.05) is 24.8 Å². The molecule has 0 amide bonds. The number of benzene rings is 3. The van der Waals surface area contributed by atoms with E-state index < -0.39 is 37.4 Å². The van der Waals surface area contributed by atoms with Crippen LogP contribution in [-0.2, 0) is 14.7 Å². The number of methoxy groups -OCH3 is 2. The Morgan fingerprint density at radius 1 is 0.780 bits per heavy atom. The van der Waals surface area contributed by atoms with Gasteiger partial charge < -0.3 is 18.6 Å². The molecule has 1 fully saturated rings. The molecule has 0 bridgehead atoms. The number of aromatic amines is 1. The van der Waals surface area contributed by atoms with Crippen molar-refractivity contribution in [2.24, 2.45) is 0 Å². The van der Waals surface area contributed by atoms with E-state index in [2.05, 4.69) is 100.0 Å². The van der Waals surface area contributed by atoms with Crippen LogP contribution in [0.2, 0.25) is 16.6 Å². The number of morpholine rings is 1. The molecule has 0 aliphatic carbocycles. The lowest BCUT2D eigenvalue weighted by Crippen LogP contribution is -2.59. The molecule has 4 aromatic rings. The second-order valence-corrected chi connectivity index (χ2v) is 19.7. The molecule has 1 N–H and O–H groups in total. The second-order valence-electron chi connectivity index (χ2n) is 14.3. The molecule has 2 atom stereocenters. The van der Waals surface area contributed by atoms with Crippen molar-refractivity contribution < 1.29 is 18.6 Å². The van der Waals surface area contributed by atoms with Crippen molar-refractivity contribution in [2.75, 3.05) is 33.9 Å². The molecular formula is C40H53N3O6Si. The highest BCUT2D eigenvalue weighted by Crippen LogP contribution is 2.46. The van der Waals surface area contributed by atoms with Crippen molar-refractivity contribution in [1.29, 1.82) is 0 Å². The summed E-state index contributed by atoms with van der Waals surface area (Å²) in [5.74, 6) is 1.51. The summed E-state index contributed by atoms with van der Waals surface area (Å²) < 4.78 is 26.7. The summed E-state index contributed by atoms with van der Waals surface area (Å²) in [5, 5.41) is 0. The fourth-order valence-corrected chi connectivity index (χ4v) is 13.7. The highest BCUT2D eigenvalue weighted by atomic mass is 28.4. The number of ether oxygens (including phenoxy) is 3. The van der Waals surface area contributed by atoms with E-state index in [1.54, 1.807) is 27.3 Å². The summed E-state index contributed by atoms with van der Waals surface area (Å²) in [6, 6.07) is 26.8. The van der Waals surface area contributed by atoms with Crippen LogP contribution in [0.3, 0.4) is 0 Å². The Labute approximate surface area is 297 Å². The van der Waals surface area contributed by atoms with Gasteiger partial charge in [-0.1, -0.05) is 96.1 Å². The molecule has 10 heteroatoms. The monoisotopic (exact) mass is 699 g/mol. The average molecular weight is 700 g/mol. The number of hydrogen-bond acceptors (Lipinski definition) is 7. The average Bonchev–Trinajstić information content (AvgIpc) is 3.11. The van der Waals surface area contributed by atoms with Crippen molar-refractivity contribution in [3.63, 3.8) is 0 Å². The van der Waals surface area contributed by atoms with E-state index in [9.17, 15) is 9.59 Å². The van der Waals surface area contributed by atoms with Gasteiger partial charge in [0.25, 0.3) is 5.56 Å². The van der Waals surface area contributed by atoms with Gasteiger partial charge in [0.05, 0.1) is 32.5 Å². The predicted octanol–water partition coefficient (Wildman–Crippen LogP) is 7.25. The van der Waals surface area contributed by atoms with E-state index >= 15 is 0 Å². The standard InChI is InChI=1S/C40H53N3O6Si/c1-27(2)50(28(3)4,29(5)6)48-26-36-24-42(25-37(49-36)43-23-30(7)38(44)41-39(43)45)40(31-13-11-10-12-14-31,32-15-19-34(46-8)20-16-32)33-17-21-35(47-9)22-18-33/h10-23,27-29,36-37H,24-26H2,1-9H3,(H,41,44,45). The molecule has 268 valence electrons. The van der Waals surface area contributed by atoms with Crippen molar-refractivity contribution in [3.8, 4) is 11.5 Å². The van der Waals surface area contributed by atoms with E-state index in [0.717, 1.165) is 28.2 Å². The van der Waals surface area contributed by atoms with E-state index in [-0.39, 0.29) is 0 Å². The molecular weight excluding hydrogens is 647 g/mol. The van der Waals surface area contributed by atoms with E-state index in [0.29, 0.717) is 41.9 Å². The minimum atomic E-state index is -2.26. The molecule has 0 radical (unpaired) electrons. The molecule has 3 aromatic carbocycles. The zero-order valence-corrected chi connectivity index (χ0v) is 31.9. The maximum Gasteiger partial charge on any atom is 0.330 e. The highest BCUT2D eigenvalue weighted by Gasteiger charge is 2.49. The minimum Gasteiger partial charge on any atom is -0.497 e. The molecule has 2 unspecified atom stereocenters. The van der Waals surface area contributed by atoms with Crippen LogP contribution in [0.5, 0.6) is 11.5 Å². The molecule has 1 aliphatic rings. The Balaban J connectivity index is 1.74. The van der Waals surface area contributed by atoms with Gasteiger partial charge in [-0.3, -0.25) is 19.2 Å². The van der Waals surface area contributed by atoms with Gasteiger partial charge in [0.15, 0.2) is 14.5 Å². The maximum atomic E-state index is 13.4. The summed E-state index contributed by atoms with van der Waals surface area (Å²) in [4.78, 5) is 30.8. The molecule has 9 nitrogen and oxygen atoms in total. The Hall–Kier alpha value is -3.96. The first-order valence-corrected chi connectivity index (χ1v) is 19.7. The summed E-state index contributed by atoms with van der Waals surface area (Å²) >= 11 is 0. The smallest absolute Gasteiger partial charge is 0.330 e. The van der Waals surface area contributed by atoms with Crippen molar-refractivity contribution >= 4 is 8.32 Å². The SMILES string of the molecule is COc1ccc(C(c2ccccc2)(c2ccc(OC)cc2)N2CC(CO[Si](C(C)C)(C(C)C)C(C)C)OC(n3cc(C)c(=O)[nH]c3=O)C2)cc1. The van der Waals surface area contributed by atoms with E-state index in [4.69, 9.17) is 18.6 Å². The Bertz CT molecular complexity index is 1750. The number of hydrogen-bond donors (Lipinski definition) is 1. The van der Waals surface area contributed by atoms with Crippen LogP contribution in [0.4, 0.5) is 0 Å². The van der Waals surface area contributed by atoms with E-state index in [1.807, 2.05) is 30.3 Å². The number of nitrogens with zero attached hydrogens (tertiary/aromatic N) is 2. The zero-order valence-electron chi connectivity index (χ0n) is 30.9. The molecule has 0 spiro atoms. The first kappa shape index (κ1) is 37.3. The molecule has 1 aromatic heterocycles. The van der Waals surface area contributed by atoms with Crippen LogP contribution >= 0.6 is 0 Å². The van der Waals surface area contributed by atoms with Crippen LogP contribution in [0.15, 0.2) is 94.6 Å². The van der Waals surface area contributed by atoms with Crippen molar-refractivity contribution in [2.45, 2.75) is 83.0 Å². The topological polar surface area (TPSA) is 95.0 Å². The number of nitrogens with one attached hydrogen (secondary N) is 1. The first-order chi connectivity index (χ1) is 23.9. The quantitative estimate of drug-likeness (QED) is 0.116. The number of rotatable bonds is 13. The van der Waals surface area contributed by atoms with Crippen LogP contribution in [0.1, 0.15) is 70.0 Å². The number of aryl methyl sites for hydroxylation is 1. The third-order valence-corrected chi connectivity index (χ3v) is 16.6. The summed E-state index contributed by atoms with van der Waals surface area (Å²) in [6.45, 7) is 16.6. The zero-order chi connectivity index (χ0) is 36.2. The molecule has 2 heterocycles. The van der Waals surface area contributed by atoms with Crippen molar-refractivity contribution in [1.82, 2.24) is 14.5 Å². The third-order valence-electron chi connectivity index (χ3n) is 10.5. The molecule has 0 saturated carbocycles. The number of H-pyrrole nitrogens is 1. The molecule has 50 heavy (non-hydrogen) atoms. The van der Waals surface area contributed by atoms with Crippen LogP contribution < -0.4 is 20.7 Å². The Kier molecular flexibility index (Phi) is 11.6. The second kappa shape index (κ2) is 15.5. The largest absolute Gasteiger partial charge is 0.497 e. The highest BCUT2D eigenvalue weighted by molar-refractivity contribution is 6.77. The minimum absolute atomic E-state index is 0.343. The lowest BCUT2D eigenvalue weighted by atomic mass is 9.75. The van der Waals surface area contributed by atoms with Gasteiger partial charge in [-0.2, -0.15) is 0 Å². The van der Waals surface area contributed by atoms with Crippen LogP contribution in [0, 0.1) is 6.92 Å². The third kappa shape index (κ3) is 6.99. The van der Waals surface area contributed by atoms with Gasteiger partial charge in [0.1, 0.15) is 11.5 Å². The van der Waals surface area contributed by atoms with Gasteiger partial charge in [0.2, 0.25) is 0 Å². The number of aromatic nitrogens is 2. The van der Waals surface area contributed by atoms with Gasteiger partial charge in [-0.05, 0) is 64.5 Å². The first-order valence-electron chi connectivity index (χ1n) is 17.6. The fraction of sp³-hybridized carbons (Fsp3) is 0.450. The maximum absolute atomic E-state index is 13.4. The Morgan fingerprint density at radius 2 is 1.28 bits per heavy atom. The summed E-state index contributed by atoms with van der Waals surface area (Å²) in [5.41, 5.74) is 2.96. The normalized spacial score (nSPS) is 17.4. The summed E-state index contributed by atoms with van der Waals surface area (Å²) in [7, 11) is 1.07. The molecule has 1 aliphatic heterocycles. The van der Waals surface area contributed by atoms with Crippen LogP contribution in [-0.4, -0.2) is 62.8 Å². The lowest BCUT2D eigenvalue weighted by Gasteiger charge is -2.51. The van der Waals surface area contributed by atoms with E-state index in [1.165, 1.54) is 4.57 Å². The van der Waals surface area contributed by atoms with Gasteiger partial charge in [-0.25, -0.2) is 4.79 Å². The Morgan fingerprint density at radius 3 is 1.76 bits per heavy atom. The fourth-order valence-electron chi connectivity index (χ4n) is 8.27.